The maximum atomic E-state index is 13.7. The zero-order valence-corrected chi connectivity index (χ0v) is 23.3. The van der Waals surface area contributed by atoms with Gasteiger partial charge in [-0.15, -0.1) is 0 Å². The summed E-state index contributed by atoms with van der Waals surface area (Å²) >= 11 is 0. The highest BCUT2D eigenvalue weighted by molar-refractivity contribution is 5.89. The molecule has 3 N–H and O–H groups in total. The summed E-state index contributed by atoms with van der Waals surface area (Å²) in [4.78, 5) is 43.1. The molecule has 0 saturated carbocycles. The van der Waals surface area contributed by atoms with Crippen molar-refractivity contribution in [1.82, 2.24) is 25.8 Å². The molecule has 9 heteroatoms. The first-order valence-corrected chi connectivity index (χ1v) is 13.7. The van der Waals surface area contributed by atoms with E-state index in [-0.39, 0.29) is 48.6 Å². The van der Waals surface area contributed by atoms with Gasteiger partial charge in [-0.25, -0.2) is 4.39 Å². The molecule has 1 saturated heterocycles. The molecule has 1 heterocycles. The van der Waals surface area contributed by atoms with Gasteiger partial charge in [0.25, 0.3) is 0 Å². The van der Waals surface area contributed by atoms with Crippen molar-refractivity contribution in [1.29, 1.82) is 0 Å². The molecule has 3 aromatic rings. The van der Waals surface area contributed by atoms with Crippen LogP contribution in [0.2, 0.25) is 0 Å². The quantitative estimate of drug-likeness (QED) is 0.362. The molecule has 4 rings (SSSR count). The van der Waals surface area contributed by atoms with Gasteiger partial charge in [0.05, 0.1) is 12.6 Å². The molecule has 0 spiro atoms. The number of carbonyl (C=O) groups excluding carboxylic acids is 3. The molecule has 1 fully saturated rings. The molecule has 0 aromatic heterocycles. The van der Waals surface area contributed by atoms with Gasteiger partial charge >= 0.3 is 0 Å². The Morgan fingerprint density at radius 2 is 1.62 bits per heavy atom. The lowest BCUT2D eigenvalue weighted by molar-refractivity contribution is -0.141. The van der Waals surface area contributed by atoms with E-state index in [0.29, 0.717) is 26.1 Å². The monoisotopic (exact) mass is 547 g/mol. The van der Waals surface area contributed by atoms with E-state index < -0.39 is 6.04 Å². The normalized spacial score (nSPS) is 17.3. The van der Waals surface area contributed by atoms with Crippen LogP contribution in [0.15, 0.2) is 66.7 Å². The number of amides is 3. The van der Waals surface area contributed by atoms with Crippen molar-refractivity contribution in [3.8, 4) is 0 Å². The van der Waals surface area contributed by atoms with Crippen LogP contribution in [-0.4, -0.2) is 85.9 Å². The molecular formula is C31H38FN5O3. The number of benzene rings is 3. The van der Waals surface area contributed by atoms with Crippen molar-refractivity contribution in [3.63, 3.8) is 0 Å². The highest BCUT2D eigenvalue weighted by Crippen LogP contribution is 2.21. The van der Waals surface area contributed by atoms with Gasteiger partial charge in [0.15, 0.2) is 0 Å². The topological polar surface area (TPSA) is 93.8 Å². The smallest absolute Gasteiger partial charge is 0.245 e. The number of fused-ring (bicyclic) bond motifs is 1. The van der Waals surface area contributed by atoms with Crippen LogP contribution >= 0.6 is 0 Å². The number of nitrogens with one attached hydrogen (secondary N) is 3. The Bertz CT molecular complexity index is 1330. The highest BCUT2D eigenvalue weighted by atomic mass is 19.1. The van der Waals surface area contributed by atoms with E-state index >= 15 is 0 Å². The van der Waals surface area contributed by atoms with Crippen LogP contribution in [0.5, 0.6) is 0 Å². The molecule has 8 nitrogen and oxygen atoms in total. The number of halogens is 1. The number of carbonyl (C=O) groups is 3. The number of rotatable bonds is 10. The second-order valence-corrected chi connectivity index (χ2v) is 10.4. The van der Waals surface area contributed by atoms with Gasteiger partial charge in [-0.1, -0.05) is 54.6 Å². The average molecular weight is 548 g/mol. The molecule has 0 bridgehead atoms. The molecule has 3 atom stereocenters. The summed E-state index contributed by atoms with van der Waals surface area (Å²) in [5, 5.41) is 10.7. The van der Waals surface area contributed by atoms with E-state index in [4.69, 9.17) is 0 Å². The van der Waals surface area contributed by atoms with Gasteiger partial charge in [-0.05, 0) is 54.4 Å². The summed E-state index contributed by atoms with van der Waals surface area (Å²) in [5.74, 6) is -0.894. The number of likely N-dealkylation sites (N-methyl/N-ethyl adjacent to an activating group) is 2. The van der Waals surface area contributed by atoms with E-state index in [9.17, 15) is 18.8 Å². The second kappa shape index (κ2) is 13.5. The van der Waals surface area contributed by atoms with Crippen LogP contribution in [0.4, 0.5) is 4.39 Å². The fourth-order valence-electron chi connectivity index (χ4n) is 5.40. The van der Waals surface area contributed by atoms with Crippen molar-refractivity contribution in [2.24, 2.45) is 0 Å². The lowest BCUT2D eigenvalue weighted by Crippen LogP contribution is -2.62. The lowest BCUT2D eigenvalue weighted by Gasteiger charge is -2.43. The van der Waals surface area contributed by atoms with Gasteiger partial charge in [0, 0.05) is 39.1 Å². The number of hydrogen-bond acceptors (Lipinski definition) is 5. The number of piperazine rings is 1. The van der Waals surface area contributed by atoms with Gasteiger partial charge < -0.3 is 20.9 Å². The van der Waals surface area contributed by atoms with Gasteiger partial charge in [0.1, 0.15) is 11.9 Å². The van der Waals surface area contributed by atoms with Crippen LogP contribution in [0, 0.1) is 5.82 Å². The third-order valence-electron chi connectivity index (χ3n) is 7.50. The van der Waals surface area contributed by atoms with Gasteiger partial charge in [-0.2, -0.15) is 0 Å². The summed E-state index contributed by atoms with van der Waals surface area (Å²) in [5.41, 5.74) is 1.83. The lowest BCUT2D eigenvalue weighted by atomic mass is 9.98. The fourth-order valence-corrected chi connectivity index (χ4v) is 5.40. The summed E-state index contributed by atoms with van der Waals surface area (Å²) in [7, 11) is 3.31. The molecule has 1 aliphatic rings. The van der Waals surface area contributed by atoms with Crippen LogP contribution in [0.3, 0.4) is 0 Å². The van der Waals surface area contributed by atoms with Crippen molar-refractivity contribution < 1.29 is 18.8 Å². The van der Waals surface area contributed by atoms with E-state index in [1.165, 1.54) is 12.1 Å². The third-order valence-corrected chi connectivity index (χ3v) is 7.50. The molecule has 40 heavy (non-hydrogen) atoms. The van der Waals surface area contributed by atoms with E-state index in [1.807, 2.05) is 19.1 Å². The molecule has 0 aliphatic carbocycles. The largest absolute Gasteiger partial charge is 0.358 e. The molecule has 0 radical (unpaired) electrons. The Kier molecular flexibility index (Phi) is 9.84. The standard InChI is InChI=1S/C31H38FN5O3/c1-21-20-36(28(30(39)34-3)18-23-8-11-24-6-4-5-7-25(24)16-23)14-15-37(21)31(40)27(35-29(38)19-33-2)17-22-9-12-26(32)13-10-22/h4-13,16,21,27-28,33H,14-15,17-20H2,1-3H3,(H,34,39)(H,35,38). The van der Waals surface area contributed by atoms with E-state index in [0.717, 1.165) is 21.9 Å². The predicted octanol–water partition coefficient (Wildman–Crippen LogP) is 2.12. The molecule has 3 amide bonds. The summed E-state index contributed by atoms with van der Waals surface area (Å²) in [6.45, 7) is 3.51. The Morgan fingerprint density at radius 3 is 2.30 bits per heavy atom. The first-order valence-electron chi connectivity index (χ1n) is 13.7. The molecule has 212 valence electrons. The first kappa shape index (κ1) is 29.2. The summed E-state index contributed by atoms with van der Waals surface area (Å²) < 4.78 is 13.4. The van der Waals surface area contributed by atoms with Crippen molar-refractivity contribution in [3.05, 3.63) is 83.7 Å². The Morgan fingerprint density at radius 1 is 0.925 bits per heavy atom. The highest BCUT2D eigenvalue weighted by Gasteiger charge is 2.36. The predicted molar refractivity (Wildman–Crippen MR) is 154 cm³/mol. The average Bonchev–Trinajstić information content (AvgIpc) is 2.96. The fraction of sp³-hybridized carbons (Fsp3) is 0.387. The summed E-state index contributed by atoms with van der Waals surface area (Å²) in [6, 6.07) is 19.0. The Hall–Kier alpha value is -3.82. The van der Waals surface area contributed by atoms with Crippen LogP contribution < -0.4 is 16.0 Å². The summed E-state index contributed by atoms with van der Waals surface area (Å²) in [6.07, 6.45) is 0.808. The minimum absolute atomic E-state index is 0.0614. The third kappa shape index (κ3) is 7.22. The van der Waals surface area contributed by atoms with Crippen LogP contribution in [-0.2, 0) is 27.2 Å². The van der Waals surface area contributed by atoms with Gasteiger partial charge in [-0.3, -0.25) is 19.3 Å². The Balaban J connectivity index is 1.47. The minimum atomic E-state index is -0.785. The maximum Gasteiger partial charge on any atom is 0.245 e. The zero-order chi connectivity index (χ0) is 28.6. The Labute approximate surface area is 234 Å². The van der Waals surface area contributed by atoms with Crippen molar-refractivity contribution in [2.45, 2.75) is 37.9 Å². The van der Waals surface area contributed by atoms with Crippen molar-refractivity contribution >= 4 is 28.5 Å². The van der Waals surface area contributed by atoms with Crippen LogP contribution in [0.1, 0.15) is 18.1 Å². The maximum absolute atomic E-state index is 13.7. The molecule has 3 aromatic carbocycles. The zero-order valence-electron chi connectivity index (χ0n) is 23.3. The second-order valence-electron chi connectivity index (χ2n) is 10.4. The van der Waals surface area contributed by atoms with Crippen molar-refractivity contribution in [2.75, 3.05) is 40.3 Å². The van der Waals surface area contributed by atoms with E-state index in [1.54, 1.807) is 31.1 Å². The SMILES string of the molecule is CNCC(=O)NC(Cc1ccc(F)cc1)C(=O)N1CCN(C(Cc2ccc3ccccc3c2)C(=O)NC)CC1C. The molecule has 3 unspecified atom stereocenters. The van der Waals surface area contributed by atoms with Gasteiger partial charge in [0.2, 0.25) is 17.7 Å². The first-order chi connectivity index (χ1) is 19.3. The van der Waals surface area contributed by atoms with Crippen LogP contribution in [0.25, 0.3) is 10.8 Å². The molecule has 1 aliphatic heterocycles. The minimum Gasteiger partial charge on any atom is -0.358 e. The molecular weight excluding hydrogens is 509 g/mol. The number of hydrogen-bond donors (Lipinski definition) is 3. The number of nitrogens with zero attached hydrogens (tertiary/aromatic N) is 2. The van der Waals surface area contributed by atoms with E-state index in [2.05, 4.69) is 51.2 Å².